The van der Waals surface area contributed by atoms with E-state index in [1.165, 1.54) is 15.8 Å². The lowest BCUT2D eigenvalue weighted by Gasteiger charge is -2.34. The molecular weight excluding hydrogens is 350 g/mol. The molecule has 2 atom stereocenters. The Kier molecular flexibility index (Phi) is 4.60. The number of fused-ring (bicyclic) bond motifs is 2. The third-order valence-corrected chi connectivity index (χ3v) is 7.43. The number of hydrogen-bond acceptors (Lipinski definition) is 5. The summed E-state index contributed by atoms with van der Waals surface area (Å²) in [6.45, 7) is 9.23. The SMILES string of the molecule is CCN1CCC2C(c3nc4ccc(C)cc4s3)=C(NC(C)=O)SC2C1. The van der Waals surface area contributed by atoms with Crippen molar-refractivity contribution in [3.8, 4) is 0 Å². The average Bonchev–Trinajstić information content (AvgIpc) is 3.13. The monoisotopic (exact) mass is 373 g/mol. The molecule has 0 aliphatic carbocycles. The van der Waals surface area contributed by atoms with E-state index in [4.69, 9.17) is 4.98 Å². The van der Waals surface area contributed by atoms with Crippen molar-refractivity contribution in [1.82, 2.24) is 15.2 Å². The van der Waals surface area contributed by atoms with E-state index in [0.29, 0.717) is 11.2 Å². The van der Waals surface area contributed by atoms with Gasteiger partial charge in [-0.15, -0.1) is 23.1 Å². The predicted octanol–water partition coefficient (Wildman–Crippen LogP) is 3.87. The lowest BCUT2D eigenvalue weighted by atomic mass is 9.89. The number of aryl methyl sites for hydroxylation is 1. The number of thioether (sulfide) groups is 1. The van der Waals surface area contributed by atoms with Gasteiger partial charge in [0.1, 0.15) is 5.01 Å². The van der Waals surface area contributed by atoms with E-state index >= 15 is 0 Å². The number of aromatic nitrogens is 1. The molecule has 4 nitrogen and oxygen atoms in total. The molecule has 25 heavy (non-hydrogen) atoms. The van der Waals surface area contributed by atoms with Gasteiger partial charge in [-0.1, -0.05) is 13.0 Å². The number of nitrogens with zero attached hydrogens (tertiary/aromatic N) is 2. The van der Waals surface area contributed by atoms with Crippen LogP contribution in [-0.4, -0.2) is 40.7 Å². The third kappa shape index (κ3) is 3.23. The van der Waals surface area contributed by atoms with Gasteiger partial charge in [0.15, 0.2) is 0 Å². The first-order valence-corrected chi connectivity index (χ1v) is 10.5. The number of allylic oxidation sites excluding steroid dienone is 1. The zero-order valence-electron chi connectivity index (χ0n) is 14.8. The van der Waals surface area contributed by atoms with E-state index in [9.17, 15) is 4.79 Å². The Hall–Kier alpha value is -1.37. The van der Waals surface area contributed by atoms with Crippen molar-refractivity contribution in [3.63, 3.8) is 0 Å². The molecule has 1 aromatic heterocycles. The Morgan fingerprint density at radius 3 is 3.04 bits per heavy atom. The standard InChI is InChI=1S/C19H23N3OS2/c1-4-22-8-7-13-16(10-22)25-18(20-12(3)23)17(13)19-21-14-6-5-11(2)9-15(14)24-19/h5-6,9,13,16H,4,7-8,10H2,1-3H3,(H,20,23). The summed E-state index contributed by atoms with van der Waals surface area (Å²) >= 11 is 3.59. The normalized spacial score (nSPS) is 24.0. The molecule has 0 saturated carbocycles. The first kappa shape index (κ1) is 17.1. The molecule has 0 spiro atoms. The summed E-state index contributed by atoms with van der Waals surface area (Å²) in [7, 11) is 0. The quantitative estimate of drug-likeness (QED) is 0.887. The van der Waals surface area contributed by atoms with E-state index in [0.717, 1.165) is 41.6 Å². The minimum Gasteiger partial charge on any atom is -0.321 e. The fourth-order valence-corrected chi connectivity index (χ4v) is 6.61. The molecule has 4 rings (SSSR count). The van der Waals surface area contributed by atoms with Crippen molar-refractivity contribution < 1.29 is 4.79 Å². The maximum Gasteiger partial charge on any atom is 0.221 e. The summed E-state index contributed by atoms with van der Waals surface area (Å²) in [5, 5.41) is 5.70. The van der Waals surface area contributed by atoms with Crippen LogP contribution in [0, 0.1) is 12.8 Å². The average molecular weight is 374 g/mol. The Labute approximate surface area is 156 Å². The van der Waals surface area contributed by atoms with Crippen molar-refractivity contribution in [2.75, 3.05) is 19.6 Å². The van der Waals surface area contributed by atoms with Crippen molar-refractivity contribution in [3.05, 3.63) is 33.8 Å². The maximum atomic E-state index is 11.7. The highest BCUT2D eigenvalue weighted by atomic mass is 32.2. The number of carbonyl (C=O) groups excluding carboxylic acids is 1. The number of amides is 1. The highest BCUT2D eigenvalue weighted by Crippen LogP contribution is 2.50. The number of carbonyl (C=O) groups is 1. The van der Waals surface area contributed by atoms with Crippen LogP contribution < -0.4 is 5.32 Å². The van der Waals surface area contributed by atoms with Crippen LogP contribution in [0.15, 0.2) is 23.2 Å². The van der Waals surface area contributed by atoms with Crippen LogP contribution in [0.1, 0.15) is 30.8 Å². The van der Waals surface area contributed by atoms with E-state index in [2.05, 4.69) is 42.3 Å². The second-order valence-corrected chi connectivity index (χ2v) is 9.14. The lowest BCUT2D eigenvalue weighted by Crippen LogP contribution is -2.40. The molecule has 132 valence electrons. The van der Waals surface area contributed by atoms with Crippen LogP contribution in [0.3, 0.4) is 0 Å². The molecular formula is C19H23N3OS2. The molecule has 1 N–H and O–H groups in total. The summed E-state index contributed by atoms with van der Waals surface area (Å²) in [6.07, 6.45) is 1.14. The first-order valence-electron chi connectivity index (χ1n) is 8.83. The van der Waals surface area contributed by atoms with Crippen LogP contribution in [-0.2, 0) is 4.79 Å². The molecule has 0 radical (unpaired) electrons. The predicted molar refractivity (Wildman–Crippen MR) is 107 cm³/mol. The van der Waals surface area contributed by atoms with Gasteiger partial charge >= 0.3 is 0 Å². The molecule has 1 saturated heterocycles. The number of hydrogen-bond donors (Lipinski definition) is 1. The molecule has 2 aromatic rings. The second kappa shape index (κ2) is 6.74. The van der Waals surface area contributed by atoms with Gasteiger partial charge in [0.2, 0.25) is 5.91 Å². The van der Waals surface area contributed by atoms with Crippen molar-refractivity contribution in [1.29, 1.82) is 0 Å². The maximum absolute atomic E-state index is 11.7. The fraction of sp³-hybridized carbons (Fsp3) is 0.474. The molecule has 0 bridgehead atoms. The van der Waals surface area contributed by atoms with Gasteiger partial charge in [0.25, 0.3) is 0 Å². The number of likely N-dealkylation sites (tertiary alicyclic amines) is 1. The molecule has 2 aliphatic heterocycles. The largest absolute Gasteiger partial charge is 0.321 e. The number of nitrogens with one attached hydrogen (secondary N) is 1. The summed E-state index contributed by atoms with van der Waals surface area (Å²) < 4.78 is 1.23. The van der Waals surface area contributed by atoms with Crippen molar-refractivity contribution in [2.45, 2.75) is 32.4 Å². The van der Waals surface area contributed by atoms with Crippen molar-refractivity contribution >= 4 is 44.8 Å². The minimum atomic E-state index is 0.00273. The van der Waals surface area contributed by atoms with Gasteiger partial charge in [0.05, 0.1) is 15.2 Å². The van der Waals surface area contributed by atoms with Crippen LogP contribution in [0.25, 0.3) is 15.8 Å². The molecule has 6 heteroatoms. The van der Waals surface area contributed by atoms with Gasteiger partial charge in [-0.2, -0.15) is 0 Å². The molecule has 1 aromatic carbocycles. The minimum absolute atomic E-state index is 0.00273. The number of rotatable bonds is 3. The zero-order valence-corrected chi connectivity index (χ0v) is 16.5. The second-order valence-electron chi connectivity index (χ2n) is 6.86. The number of thiazole rings is 1. The highest BCUT2D eigenvalue weighted by molar-refractivity contribution is 8.04. The fourth-order valence-electron chi connectivity index (χ4n) is 3.76. The van der Waals surface area contributed by atoms with Crippen LogP contribution in [0.2, 0.25) is 0 Å². The Balaban J connectivity index is 1.75. The zero-order chi connectivity index (χ0) is 17.6. The number of benzene rings is 1. The molecule has 3 heterocycles. The molecule has 2 unspecified atom stereocenters. The topological polar surface area (TPSA) is 45.2 Å². The highest BCUT2D eigenvalue weighted by Gasteiger charge is 2.41. The van der Waals surface area contributed by atoms with E-state index in [1.807, 2.05) is 11.8 Å². The van der Waals surface area contributed by atoms with E-state index < -0.39 is 0 Å². The summed E-state index contributed by atoms with van der Waals surface area (Å²) in [4.78, 5) is 19.1. The summed E-state index contributed by atoms with van der Waals surface area (Å²) in [6, 6.07) is 6.41. The van der Waals surface area contributed by atoms with Gasteiger partial charge in [-0.25, -0.2) is 4.98 Å². The van der Waals surface area contributed by atoms with Gasteiger partial charge in [-0.05, 0) is 44.1 Å². The molecule has 2 aliphatic rings. The van der Waals surface area contributed by atoms with Gasteiger partial charge in [-0.3, -0.25) is 4.79 Å². The van der Waals surface area contributed by atoms with Crippen LogP contribution >= 0.6 is 23.1 Å². The van der Waals surface area contributed by atoms with E-state index in [-0.39, 0.29) is 5.91 Å². The smallest absolute Gasteiger partial charge is 0.221 e. The summed E-state index contributed by atoms with van der Waals surface area (Å²) in [5.74, 6) is 0.485. The van der Waals surface area contributed by atoms with Crippen LogP contribution in [0.5, 0.6) is 0 Å². The first-order chi connectivity index (χ1) is 12.0. The third-order valence-electron chi connectivity index (χ3n) is 5.04. The Morgan fingerprint density at radius 1 is 1.44 bits per heavy atom. The van der Waals surface area contributed by atoms with Gasteiger partial charge < -0.3 is 10.2 Å². The summed E-state index contributed by atoms with van der Waals surface area (Å²) in [5.41, 5.74) is 3.58. The Bertz CT molecular complexity index is 857. The number of piperidine rings is 1. The lowest BCUT2D eigenvalue weighted by molar-refractivity contribution is -0.118. The molecule has 1 fully saturated rings. The Morgan fingerprint density at radius 2 is 2.28 bits per heavy atom. The molecule has 1 amide bonds. The van der Waals surface area contributed by atoms with Crippen molar-refractivity contribution in [2.24, 2.45) is 5.92 Å². The van der Waals surface area contributed by atoms with Crippen LogP contribution in [0.4, 0.5) is 0 Å². The van der Waals surface area contributed by atoms with Gasteiger partial charge in [0, 0.05) is 30.2 Å². The van der Waals surface area contributed by atoms with E-state index in [1.54, 1.807) is 18.3 Å².